The summed E-state index contributed by atoms with van der Waals surface area (Å²) in [6.45, 7) is 1.60. The third-order valence-corrected chi connectivity index (χ3v) is 6.66. The lowest BCUT2D eigenvalue weighted by Crippen LogP contribution is -2.44. The zero-order valence-corrected chi connectivity index (χ0v) is 12.3. The molecule has 3 unspecified atom stereocenters. The molecule has 1 aliphatic carbocycles. The average molecular weight is 273 g/mol. The minimum absolute atomic E-state index is 0.360. The summed E-state index contributed by atoms with van der Waals surface area (Å²) in [7, 11) is 1.34. The minimum atomic E-state index is -0.684. The summed E-state index contributed by atoms with van der Waals surface area (Å²) in [6.07, 6.45) is 9.49. The molecule has 1 saturated carbocycles. The van der Waals surface area contributed by atoms with Gasteiger partial charge in [0, 0.05) is 35.3 Å². The molecule has 4 heteroatoms. The predicted molar refractivity (Wildman–Crippen MR) is 76.3 cm³/mol. The van der Waals surface area contributed by atoms with E-state index in [1.807, 2.05) is 7.05 Å². The molecule has 3 atom stereocenters. The van der Waals surface area contributed by atoms with E-state index in [0.29, 0.717) is 16.5 Å². The van der Waals surface area contributed by atoms with Gasteiger partial charge in [-0.2, -0.15) is 0 Å². The lowest BCUT2D eigenvalue weighted by molar-refractivity contribution is 0.0989. The van der Waals surface area contributed by atoms with Gasteiger partial charge >= 0.3 is 0 Å². The van der Waals surface area contributed by atoms with Gasteiger partial charge in [0.25, 0.3) is 0 Å². The number of ether oxygens (including phenoxy) is 1. The van der Waals surface area contributed by atoms with Crippen molar-refractivity contribution < 1.29 is 8.95 Å². The average Bonchev–Trinajstić information content (AvgIpc) is 2.39. The maximum absolute atomic E-state index is 12.8. The van der Waals surface area contributed by atoms with E-state index in [1.54, 1.807) is 0 Å². The van der Waals surface area contributed by atoms with Gasteiger partial charge in [-0.15, -0.1) is 0 Å². The molecule has 1 saturated heterocycles. The second-order valence-corrected chi connectivity index (χ2v) is 7.49. The Morgan fingerprint density at radius 3 is 2.33 bits per heavy atom. The molecule has 0 radical (unpaired) electrons. The number of nitrogens with one attached hydrogen (secondary N) is 1. The van der Waals surface area contributed by atoms with E-state index >= 15 is 0 Å². The van der Waals surface area contributed by atoms with E-state index in [9.17, 15) is 4.21 Å². The van der Waals surface area contributed by atoms with Crippen molar-refractivity contribution >= 4 is 10.8 Å². The van der Waals surface area contributed by atoms with Crippen LogP contribution >= 0.6 is 0 Å². The largest absolute Gasteiger partial charge is 0.381 e. The van der Waals surface area contributed by atoms with Crippen molar-refractivity contribution in [3.63, 3.8) is 0 Å². The molecule has 0 aromatic rings. The Bertz CT molecular complexity index is 267. The van der Waals surface area contributed by atoms with Gasteiger partial charge < -0.3 is 10.1 Å². The molecule has 1 N–H and O–H groups in total. The van der Waals surface area contributed by atoms with Crippen molar-refractivity contribution in [2.75, 3.05) is 20.3 Å². The third kappa shape index (κ3) is 3.78. The molecule has 2 rings (SSSR count). The van der Waals surface area contributed by atoms with Gasteiger partial charge in [-0.3, -0.25) is 4.21 Å². The van der Waals surface area contributed by atoms with Crippen molar-refractivity contribution in [1.82, 2.24) is 5.32 Å². The molecule has 0 bridgehead atoms. The van der Waals surface area contributed by atoms with E-state index in [2.05, 4.69) is 5.32 Å². The van der Waals surface area contributed by atoms with Crippen molar-refractivity contribution in [1.29, 1.82) is 0 Å². The quantitative estimate of drug-likeness (QED) is 0.857. The van der Waals surface area contributed by atoms with Gasteiger partial charge in [-0.05, 0) is 32.7 Å². The molecule has 2 fully saturated rings. The van der Waals surface area contributed by atoms with E-state index in [4.69, 9.17) is 4.74 Å². The van der Waals surface area contributed by atoms with E-state index in [1.165, 1.54) is 32.1 Å². The third-order valence-electron chi connectivity index (χ3n) is 4.37. The lowest BCUT2D eigenvalue weighted by atomic mass is 9.96. The summed E-state index contributed by atoms with van der Waals surface area (Å²) >= 11 is 0. The summed E-state index contributed by atoms with van der Waals surface area (Å²) in [5, 5.41) is 4.15. The molecule has 0 aromatic carbocycles. The highest BCUT2D eigenvalue weighted by Crippen LogP contribution is 2.26. The van der Waals surface area contributed by atoms with Crippen LogP contribution in [0.5, 0.6) is 0 Å². The zero-order valence-electron chi connectivity index (χ0n) is 11.5. The van der Waals surface area contributed by atoms with Crippen LogP contribution in [-0.4, -0.2) is 41.0 Å². The zero-order chi connectivity index (χ0) is 12.8. The minimum Gasteiger partial charge on any atom is -0.381 e. The van der Waals surface area contributed by atoms with Crippen LogP contribution in [0, 0.1) is 0 Å². The summed E-state index contributed by atoms with van der Waals surface area (Å²) < 4.78 is 18.2. The maximum Gasteiger partial charge on any atom is 0.0503 e. The number of hydrogen-bond acceptors (Lipinski definition) is 3. The monoisotopic (exact) mass is 273 g/mol. The van der Waals surface area contributed by atoms with E-state index in [0.717, 1.165) is 32.5 Å². The van der Waals surface area contributed by atoms with Crippen LogP contribution in [0.3, 0.4) is 0 Å². The molecule has 2 aliphatic rings. The Morgan fingerprint density at radius 1 is 1.00 bits per heavy atom. The van der Waals surface area contributed by atoms with E-state index in [-0.39, 0.29) is 0 Å². The van der Waals surface area contributed by atoms with Gasteiger partial charge in [-0.1, -0.05) is 25.7 Å². The fourth-order valence-electron chi connectivity index (χ4n) is 3.21. The second-order valence-electron chi connectivity index (χ2n) is 5.57. The summed E-state index contributed by atoms with van der Waals surface area (Å²) in [4.78, 5) is 0. The molecule has 106 valence electrons. The Labute approximate surface area is 114 Å². The van der Waals surface area contributed by atoms with Crippen LogP contribution in [0.1, 0.15) is 51.4 Å². The highest BCUT2D eigenvalue weighted by Gasteiger charge is 2.32. The SMILES string of the molecule is CNC1CCCCCCC1S(=O)C1CCOCC1. The molecular weight excluding hydrogens is 246 g/mol. The molecule has 1 heterocycles. The second kappa shape index (κ2) is 7.61. The normalized spacial score (nSPS) is 33.6. The maximum atomic E-state index is 12.8. The van der Waals surface area contributed by atoms with Gasteiger partial charge in [0.1, 0.15) is 0 Å². The highest BCUT2D eigenvalue weighted by atomic mass is 32.2. The van der Waals surface area contributed by atoms with Crippen LogP contribution < -0.4 is 5.32 Å². The first-order valence-electron chi connectivity index (χ1n) is 7.47. The Morgan fingerprint density at radius 2 is 1.67 bits per heavy atom. The molecule has 1 aliphatic heterocycles. The molecule has 18 heavy (non-hydrogen) atoms. The van der Waals surface area contributed by atoms with Crippen molar-refractivity contribution in [2.45, 2.75) is 67.9 Å². The van der Waals surface area contributed by atoms with Crippen molar-refractivity contribution in [3.8, 4) is 0 Å². The topological polar surface area (TPSA) is 38.3 Å². The Hall–Kier alpha value is 0.0700. The van der Waals surface area contributed by atoms with Gasteiger partial charge in [0.15, 0.2) is 0 Å². The van der Waals surface area contributed by atoms with Crippen LogP contribution in [0.25, 0.3) is 0 Å². The van der Waals surface area contributed by atoms with Crippen LogP contribution in [-0.2, 0) is 15.5 Å². The molecule has 0 aromatic heterocycles. The highest BCUT2D eigenvalue weighted by molar-refractivity contribution is 7.86. The molecule has 0 spiro atoms. The van der Waals surface area contributed by atoms with Crippen LogP contribution in [0.4, 0.5) is 0 Å². The van der Waals surface area contributed by atoms with Crippen molar-refractivity contribution in [3.05, 3.63) is 0 Å². The molecule has 0 amide bonds. The molecule has 3 nitrogen and oxygen atoms in total. The summed E-state index contributed by atoms with van der Waals surface area (Å²) in [6, 6.07) is 0.453. The number of rotatable bonds is 3. The van der Waals surface area contributed by atoms with Gasteiger partial charge in [0.05, 0.1) is 5.25 Å². The van der Waals surface area contributed by atoms with Crippen molar-refractivity contribution in [2.24, 2.45) is 0 Å². The fourth-order valence-corrected chi connectivity index (χ4v) is 5.36. The van der Waals surface area contributed by atoms with Gasteiger partial charge in [0.2, 0.25) is 0 Å². The lowest BCUT2D eigenvalue weighted by Gasteiger charge is -2.32. The predicted octanol–water partition coefficient (Wildman–Crippen LogP) is 2.22. The first-order chi connectivity index (χ1) is 8.83. The van der Waals surface area contributed by atoms with Crippen LogP contribution in [0.2, 0.25) is 0 Å². The van der Waals surface area contributed by atoms with E-state index < -0.39 is 10.8 Å². The summed E-state index contributed by atoms with van der Waals surface area (Å²) in [5.74, 6) is 0. The molecular formula is C14H27NO2S. The Kier molecular flexibility index (Phi) is 6.12. The van der Waals surface area contributed by atoms with Crippen LogP contribution in [0.15, 0.2) is 0 Å². The first-order valence-corrected chi connectivity index (χ1v) is 8.75. The van der Waals surface area contributed by atoms with Gasteiger partial charge in [-0.25, -0.2) is 0 Å². The smallest absolute Gasteiger partial charge is 0.0503 e. The summed E-state index contributed by atoms with van der Waals surface area (Å²) in [5.41, 5.74) is 0. The number of hydrogen-bond donors (Lipinski definition) is 1. The Balaban J connectivity index is 1.98. The first kappa shape index (κ1) is 14.5. The standard InChI is InChI=1S/C14H27NO2S/c1-15-13-6-4-2-3-5-7-14(13)18(16)12-8-10-17-11-9-12/h12-15H,2-11H2,1H3. The fraction of sp³-hybridized carbons (Fsp3) is 1.00.